The van der Waals surface area contributed by atoms with Gasteiger partial charge in [-0.05, 0) is 21.7 Å². The molecule has 0 aromatic rings. The van der Waals surface area contributed by atoms with E-state index in [4.69, 9.17) is 0 Å². The summed E-state index contributed by atoms with van der Waals surface area (Å²) >= 11 is 0. The smallest absolute Gasteiger partial charge is 0.0103 e. The van der Waals surface area contributed by atoms with Crippen LogP contribution in [0.3, 0.4) is 0 Å². The van der Waals surface area contributed by atoms with Gasteiger partial charge in [0.2, 0.25) is 0 Å². The van der Waals surface area contributed by atoms with E-state index in [1.807, 2.05) is 0 Å². The molecule has 0 aromatic carbocycles. The van der Waals surface area contributed by atoms with Gasteiger partial charge in [0.1, 0.15) is 0 Å². The lowest BCUT2D eigenvalue weighted by Gasteiger charge is -2.45. The van der Waals surface area contributed by atoms with Crippen LogP contribution in [0.4, 0.5) is 0 Å². The van der Waals surface area contributed by atoms with Gasteiger partial charge in [-0.15, -0.1) is 0 Å². The molecule has 0 aliphatic carbocycles. The van der Waals surface area contributed by atoms with E-state index < -0.39 is 0 Å². The summed E-state index contributed by atoms with van der Waals surface area (Å²) in [6.07, 6.45) is 1.33. The molecule has 0 saturated heterocycles. The zero-order valence-corrected chi connectivity index (χ0v) is 10.8. The molecule has 0 unspecified atom stereocenters. The van der Waals surface area contributed by atoms with E-state index in [0.717, 1.165) is 0 Å². The van der Waals surface area contributed by atoms with Crippen molar-refractivity contribution in [3.05, 3.63) is 0 Å². The fourth-order valence-electron chi connectivity index (χ4n) is 1.90. The highest BCUT2D eigenvalue weighted by Gasteiger charge is 2.29. The Kier molecular flexibility index (Phi) is 4.16. The quantitative estimate of drug-likeness (QED) is 0.625. The van der Waals surface area contributed by atoms with E-state index in [1.165, 1.54) is 12.2 Å². The van der Waals surface area contributed by atoms with Gasteiger partial charge in [-0.2, -0.15) is 0 Å². The fraction of sp³-hybridized carbons (Fsp3) is 1.00. The van der Waals surface area contributed by atoms with Crippen LogP contribution in [0.5, 0.6) is 0 Å². The van der Waals surface area contributed by atoms with Crippen LogP contribution in [0, 0.1) is 0 Å². The monoisotopic (exact) mass is 190 g/mol. The first-order valence-electron chi connectivity index (χ1n) is 4.97. The number of hydrogen-bond donors (Lipinski definition) is 1. The van der Waals surface area contributed by atoms with Crippen molar-refractivity contribution in [2.45, 2.75) is 64.4 Å². The highest BCUT2D eigenvalue weighted by atomic mass is 32.2. The van der Waals surface area contributed by atoms with Gasteiger partial charge in [0, 0.05) is 0 Å². The van der Waals surface area contributed by atoms with Gasteiger partial charge in [-0.25, -0.2) is 10.9 Å². The third kappa shape index (κ3) is 3.84. The van der Waals surface area contributed by atoms with Gasteiger partial charge >= 0.3 is 0 Å². The second kappa shape index (κ2) is 4.04. The lowest BCUT2D eigenvalue weighted by Crippen LogP contribution is -2.29. The number of hydrogen-bond acceptors (Lipinski definition) is 0. The lowest BCUT2D eigenvalue weighted by molar-refractivity contribution is 0.720. The van der Waals surface area contributed by atoms with Crippen molar-refractivity contribution < 1.29 is 0 Å². The van der Waals surface area contributed by atoms with Crippen LogP contribution in [0.1, 0.15) is 54.9 Å². The Labute approximate surface area is 81.5 Å². The van der Waals surface area contributed by atoms with E-state index in [-0.39, 0.29) is 10.9 Å². The zero-order chi connectivity index (χ0) is 9.99. The summed E-state index contributed by atoms with van der Waals surface area (Å²) in [4.78, 5) is 0. The molecular formula is C11H26S. The molecule has 0 aliphatic rings. The van der Waals surface area contributed by atoms with Gasteiger partial charge in [-0.3, -0.25) is 0 Å². The predicted octanol–water partition coefficient (Wildman–Crippen LogP) is 3.99. The first-order chi connectivity index (χ1) is 5.19. The molecule has 0 N–H and O–H groups in total. The zero-order valence-electron chi connectivity index (χ0n) is 9.86. The maximum Gasteiger partial charge on any atom is -0.0103 e. The number of rotatable bonds is 2. The summed E-state index contributed by atoms with van der Waals surface area (Å²) in [5.74, 6) is 1.42. The van der Waals surface area contributed by atoms with Gasteiger partial charge < -0.3 is 0 Å². The lowest BCUT2D eigenvalue weighted by atomic mass is 10.2. The summed E-state index contributed by atoms with van der Waals surface area (Å²) in [6.45, 7) is 16.6. The minimum Gasteiger partial charge on any atom is -0.244 e. The molecule has 0 aliphatic heterocycles. The van der Waals surface area contributed by atoms with Crippen molar-refractivity contribution in [3.8, 4) is 0 Å². The van der Waals surface area contributed by atoms with Gasteiger partial charge in [-0.1, -0.05) is 48.5 Å². The maximum absolute atomic E-state index is 2.39. The standard InChI is InChI=1S/C11H26S/c1-8-9-12(10(2,3)4)11(5,6)7/h12H,8-9H2,1-7H3. The van der Waals surface area contributed by atoms with Crippen molar-refractivity contribution >= 4 is 10.9 Å². The third-order valence-electron chi connectivity index (χ3n) is 2.07. The highest BCUT2D eigenvalue weighted by Crippen LogP contribution is 2.51. The second-order valence-corrected chi connectivity index (χ2v) is 9.48. The molecule has 12 heavy (non-hydrogen) atoms. The predicted molar refractivity (Wildman–Crippen MR) is 63.7 cm³/mol. The Hall–Kier alpha value is 0.350. The average Bonchev–Trinajstić information content (AvgIpc) is 1.77. The molecular weight excluding hydrogens is 164 g/mol. The molecule has 0 nitrogen and oxygen atoms in total. The normalized spacial score (nSPS) is 14.8. The van der Waals surface area contributed by atoms with E-state index in [1.54, 1.807) is 0 Å². The molecule has 0 amide bonds. The molecule has 0 bridgehead atoms. The van der Waals surface area contributed by atoms with Crippen molar-refractivity contribution in [1.29, 1.82) is 0 Å². The van der Waals surface area contributed by atoms with Crippen LogP contribution >= 0.6 is 10.9 Å². The van der Waals surface area contributed by atoms with Gasteiger partial charge in [0.05, 0.1) is 0 Å². The summed E-state index contributed by atoms with van der Waals surface area (Å²) in [5, 5.41) is 0. The Morgan fingerprint density at radius 1 is 0.833 bits per heavy atom. The molecule has 76 valence electrons. The van der Waals surface area contributed by atoms with Crippen LogP contribution in [0.15, 0.2) is 0 Å². The number of thiol groups is 1. The van der Waals surface area contributed by atoms with Crippen LogP contribution < -0.4 is 0 Å². The van der Waals surface area contributed by atoms with Crippen molar-refractivity contribution in [3.63, 3.8) is 0 Å². The third-order valence-corrected chi connectivity index (χ3v) is 6.20. The fourth-order valence-corrected chi connectivity index (χ4v) is 5.70. The molecule has 0 atom stereocenters. The molecule has 0 heterocycles. The highest BCUT2D eigenvalue weighted by molar-refractivity contribution is 8.19. The van der Waals surface area contributed by atoms with Gasteiger partial charge in [0.15, 0.2) is 0 Å². The molecule has 0 saturated carbocycles. The first-order valence-corrected chi connectivity index (χ1v) is 6.50. The average molecular weight is 190 g/mol. The molecule has 0 fully saturated rings. The van der Waals surface area contributed by atoms with Crippen LogP contribution in [0.2, 0.25) is 0 Å². The second-order valence-electron chi connectivity index (χ2n) is 5.49. The molecule has 1 heteroatoms. The largest absolute Gasteiger partial charge is 0.244 e. The van der Waals surface area contributed by atoms with Crippen molar-refractivity contribution in [2.24, 2.45) is 0 Å². The van der Waals surface area contributed by atoms with Gasteiger partial charge in [0.25, 0.3) is 0 Å². The molecule has 0 aromatic heterocycles. The molecule has 0 spiro atoms. The van der Waals surface area contributed by atoms with E-state index >= 15 is 0 Å². The van der Waals surface area contributed by atoms with E-state index in [2.05, 4.69) is 48.5 Å². The first kappa shape index (κ1) is 12.3. The summed E-state index contributed by atoms with van der Waals surface area (Å²) < 4.78 is 1.03. The van der Waals surface area contributed by atoms with Crippen LogP contribution in [-0.4, -0.2) is 15.2 Å². The maximum atomic E-state index is 2.39. The minimum atomic E-state index is 0.157. The SMILES string of the molecule is CCC[SH](C(C)(C)C)C(C)(C)C. The van der Waals surface area contributed by atoms with Crippen LogP contribution in [0.25, 0.3) is 0 Å². The Morgan fingerprint density at radius 2 is 1.17 bits per heavy atom. The summed E-state index contributed by atoms with van der Waals surface area (Å²) in [5.41, 5.74) is 0. The Bertz CT molecular complexity index is 111. The van der Waals surface area contributed by atoms with Crippen molar-refractivity contribution in [1.82, 2.24) is 0 Å². The minimum absolute atomic E-state index is 0.157. The van der Waals surface area contributed by atoms with E-state index in [9.17, 15) is 0 Å². The topological polar surface area (TPSA) is 0 Å². The van der Waals surface area contributed by atoms with Crippen LogP contribution in [-0.2, 0) is 0 Å². The Morgan fingerprint density at radius 3 is 1.25 bits per heavy atom. The molecule has 0 radical (unpaired) electrons. The van der Waals surface area contributed by atoms with E-state index in [0.29, 0.717) is 9.49 Å². The summed E-state index contributed by atoms with van der Waals surface area (Å²) in [7, 11) is 0.157. The Balaban J connectivity index is 4.45. The van der Waals surface area contributed by atoms with Crippen molar-refractivity contribution in [2.75, 3.05) is 5.75 Å². The summed E-state index contributed by atoms with van der Waals surface area (Å²) in [6, 6.07) is 0. The molecule has 0 rings (SSSR count).